The fraction of sp³-hybridized carbons (Fsp3) is 0.278. The van der Waals surface area contributed by atoms with Crippen LogP contribution in [0, 0.1) is 5.92 Å². The molecule has 3 rings (SSSR count). The molecule has 2 aromatic heterocycles. The predicted octanol–water partition coefficient (Wildman–Crippen LogP) is 4.50. The molecule has 124 valence electrons. The molecular formula is C18H18BrN3OS. The maximum Gasteiger partial charge on any atom is 0.262 e. The molecule has 0 spiro atoms. The van der Waals surface area contributed by atoms with E-state index < -0.39 is 0 Å². The summed E-state index contributed by atoms with van der Waals surface area (Å²) in [6, 6.07) is 11.5. The number of benzene rings is 1. The normalized spacial score (nSPS) is 11.3. The Balaban J connectivity index is 2.04. The van der Waals surface area contributed by atoms with Gasteiger partial charge in [-0.15, -0.1) is 0 Å². The molecule has 0 fully saturated rings. The molecule has 0 saturated carbocycles. The lowest BCUT2D eigenvalue weighted by molar-refractivity contribution is 0.475. The zero-order valence-electron chi connectivity index (χ0n) is 13.6. The molecule has 6 heteroatoms. The van der Waals surface area contributed by atoms with E-state index in [0.717, 1.165) is 20.8 Å². The summed E-state index contributed by atoms with van der Waals surface area (Å²) in [4.78, 5) is 22.0. The second kappa shape index (κ2) is 7.49. The van der Waals surface area contributed by atoms with Crippen molar-refractivity contribution in [2.45, 2.75) is 31.3 Å². The van der Waals surface area contributed by atoms with E-state index in [0.29, 0.717) is 23.6 Å². The Hall–Kier alpha value is -1.66. The third-order valence-corrected chi connectivity index (χ3v) is 5.01. The van der Waals surface area contributed by atoms with Crippen molar-refractivity contribution in [2.24, 2.45) is 5.92 Å². The summed E-state index contributed by atoms with van der Waals surface area (Å²) < 4.78 is 2.67. The first-order chi connectivity index (χ1) is 11.5. The molecule has 0 amide bonds. The van der Waals surface area contributed by atoms with Crippen molar-refractivity contribution in [2.75, 3.05) is 0 Å². The van der Waals surface area contributed by atoms with Gasteiger partial charge in [-0.1, -0.05) is 47.6 Å². The van der Waals surface area contributed by atoms with Gasteiger partial charge in [-0.05, 0) is 36.2 Å². The Morgan fingerprint density at radius 1 is 1.25 bits per heavy atom. The number of hydrogen-bond acceptors (Lipinski definition) is 4. The fourth-order valence-corrected chi connectivity index (χ4v) is 3.72. The van der Waals surface area contributed by atoms with Crippen molar-refractivity contribution < 1.29 is 0 Å². The van der Waals surface area contributed by atoms with E-state index in [1.807, 2.05) is 36.4 Å². The quantitative estimate of drug-likeness (QED) is 0.464. The van der Waals surface area contributed by atoms with Crippen LogP contribution in [0.25, 0.3) is 10.9 Å². The van der Waals surface area contributed by atoms with Gasteiger partial charge in [-0.25, -0.2) is 4.98 Å². The highest BCUT2D eigenvalue weighted by Crippen LogP contribution is 2.23. The molecule has 0 aliphatic rings. The van der Waals surface area contributed by atoms with Crippen LogP contribution in [0.4, 0.5) is 0 Å². The summed E-state index contributed by atoms with van der Waals surface area (Å²) in [5, 5.41) is 1.39. The van der Waals surface area contributed by atoms with Crippen molar-refractivity contribution in [3.05, 3.63) is 63.1 Å². The molecular weight excluding hydrogens is 386 g/mol. The van der Waals surface area contributed by atoms with Gasteiger partial charge >= 0.3 is 0 Å². The van der Waals surface area contributed by atoms with E-state index in [4.69, 9.17) is 4.98 Å². The van der Waals surface area contributed by atoms with Crippen LogP contribution in [-0.2, 0) is 12.3 Å². The molecule has 24 heavy (non-hydrogen) atoms. The molecule has 0 aliphatic heterocycles. The molecule has 0 radical (unpaired) electrons. The zero-order chi connectivity index (χ0) is 17.1. The first-order valence-corrected chi connectivity index (χ1v) is 9.55. The van der Waals surface area contributed by atoms with E-state index in [1.165, 1.54) is 0 Å². The molecule has 4 nitrogen and oxygen atoms in total. The van der Waals surface area contributed by atoms with Crippen LogP contribution in [0.3, 0.4) is 0 Å². The standard InChI is InChI=1S/C18H18BrN3OS/c1-12(2)10-22-17(23)15-9-13(19)6-7-16(15)21-18(22)24-11-14-5-3-4-8-20-14/h3-9,12H,10-11H2,1-2H3. The van der Waals surface area contributed by atoms with Gasteiger partial charge in [0.05, 0.1) is 16.6 Å². The van der Waals surface area contributed by atoms with Gasteiger partial charge < -0.3 is 0 Å². The maximum atomic E-state index is 12.9. The average Bonchev–Trinajstić information content (AvgIpc) is 2.57. The minimum Gasteiger partial charge on any atom is -0.287 e. The number of thioether (sulfide) groups is 1. The Kier molecular flexibility index (Phi) is 5.36. The fourth-order valence-electron chi connectivity index (χ4n) is 2.43. The third-order valence-electron chi connectivity index (χ3n) is 3.50. The van der Waals surface area contributed by atoms with Gasteiger partial charge in [0.25, 0.3) is 5.56 Å². The van der Waals surface area contributed by atoms with E-state index >= 15 is 0 Å². The Labute approximate surface area is 153 Å². The molecule has 0 unspecified atom stereocenters. The predicted molar refractivity (Wildman–Crippen MR) is 102 cm³/mol. The minimum absolute atomic E-state index is 0.0125. The van der Waals surface area contributed by atoms with E-state index in [9.17, 15) is 4.79 Å². The Morgan fingerprint density at radius 2 is 2.08 bits per heavy atom. The summed E-state index contributed by atoms with van der Waals surface area (Å²) in [5.41, 5.74) is 1.72. The van der Waals surface area contributed by atoms with Crippen LogP contribution in [-0.4, -0.2) is 14.5 Å². The van der Waals surface area contributed by atoms with Crippen LogP contribution < -0.4 is 5.56 Å². The van der Waals surface area contributed by atoms with Gasteiger partial charge in [0.2, 0.25) is 0 Å². The van der Waals surface area contributed by atoms with Gasteiger partial charge in [-0.3, -0.25) is 14.3 Å². The minimum atomic E-state index is 0.0125. The summed E-state index contributed by atoms with van der Waals surface area (Å²) in [5.74, 6) is 1.05. The lowest BCUT2D eigenvalue weighted by atomic mass is 10.2. The maximum absolute atomic E-state index is 12.9. The van der Waals surface area contributed by atoms with Crippen LogP contribution in [0.5, 0.6) is 0 Å². The SMILES string of the molecule is CC(C)Cn1c(SCc2ccccn2)nc2ccc(Br)cc2c1=O. The third kappa shape index (κ3) is 3.87. The number of rotatable bonds is 5. The van der Waals surface area contributed by atoms with Crippen LogP contribution in [0.2, 0.25) is 0 Å². The highest BCUT2D eigenvalue weighted by atomic mass is 79.9. The van der Waals surface area contributed by atoms with Crippen molar-refractivity contribution in [1.82, 2.24) is 14.5 Å². The van der Waals surface area contributed by atoms with Gasteiger partial charge in [0.1, 0.15) is 0 Å². The zero-order valence-corrected chi connectivity index (χ0v) is 16.0. The summed E-state index contributed by atoms with van der Waals surface area (Å²) in [7, 11) is 0. The van der Waals surface area contributed by atoms with E-state index in [1.54, 1.807) is 22.5 Å². The second-order valence-corrected chi connectivity index (χ2v) is 7.83. The van der Waals surface area contributed by atoms with Gasteiger partial charge in [0.15, 0.2) is 5.16 Å². The first-order valence-electron chi connectivity index (χ1n) is 7.77. The van der Waals surface area contributed by atoms with Gasteiger partial charge in [0, 0.05) is 23.0 Å². The number of hydrogen-bond donors (Lipinski definition) is 0. The summed E-state index contributed by atoms with van der Waals surface area (Å²) >= 11 is 4.99. The second-order valence-electron chi connectivity index (χ2n) is 5.98. The lowest BCUT2D eigenvalue weighted by Crippen LogP contribution is -2.25. The van der Waals surface area contributed by atoms with E-state index in [2.05, 4.69) is 34.8 Å². The molecule has 2 heterocycles. The smallest absolute Gasteiger partial charge is 0.262 e. The monoisotopic (exact) mass is 403 g/mol. The van der Waals surface area contributed by atoms with Crippen LogP contribution in [0.1, 0.15) is 19.5 Å². The molecule has 0 atom stereocenters. The average molecular weight is 404 g/mol. The molecule has 0 aliphatic carbocycles. The molecule has 0 bridgehead atoms. The topological polar surface area (TPSA) is 47.8 Å². The van der Waals surface area contributed by atoms with Crippen molar-refractivity contribution >= 4 is 38.6 Å². The summed E-state index contributed by atoms with van der Waals surface area (Å²) in [6.07, 6.45) is 1.78. The molecule has 1 aromatic carbocycles. The van der Waals surface area contributed by atoms with Crippen molar-refractivity contribution in [1.29, 1.82) is 0 Å². The molecule has 0 N–H and O–H groups in total. The Bertz CT molecular complexity index is 909. The lowest BCUT2D eigenvalue weighted by Gasteiger charge is -2.15. The number of fused-ring (bicyclic) bond motifs is 1. The van der Waals surface area contributed by atoms with Crippen LogP contribution in [0.15, 0.2) is 57.0 Å². The van der Waals surface area contributed by atoms with E-state index in [-0.39, 0.29) is 5.56 Å². The molecule has 3 aromatic rings. The van der Waals surface area contributed by atoms with Crippen molar-refractivity contribution in [3.63, 3.8) is 0 Å². The number of aromatic nitrogens is 3. The van der Waals surface area contributed by atoms with Gasteiger partial charge in [-0.2, -0.15) is 0 Å². The number of nitrogens with zero attached hydrogens (tertiary/aromatic N) is 3. The largest absolute Gasteiger partial charge is 0.287 e. The number of pyridine rings is 1. The highest BCUT2D eigenvalue weighted by Gasteiger charge is 2.13. The molecule has 0 saturated heterocycles. The van der Waals surface area contributed by atoms with Crippen molar-refractivity contribution in [3.8, 4) is 0 Å². The Morgan fingerprint density at radius 3 is 2.79 bits per heavy atom. The van der Waals surface area contributed by atoms with Crippen LogP contribution >= 0.6 is 27.7 Å². The highest BCUT2D eigenvalue weighted by molar-refractivity contribution is 9.10. The number of halogens is 1. The first kappa shape index (κ1) is 17.2. The summed E-state index contributed by atoms with van der Waals surface area (Å²) in [6.45, 7) is 4.86.